The molecule has 0 fully saturated rings. The van der Waals surface area contributed by atoms with Gasteiger partial charge in [0.25, 0.3) is 5.69 Å². The number of hydrogen-bond donors (Lipinski definition) is 0. The first-order valence-electron chi connectivity index (χ1n) is 4.12. The topological polar surface area (TPSA) is 69.4 Å². The molecular weight excluding hydrogens is 301 g/mol. The minimum absolute atomic E-state index is 0.0409. The number of alkyl halides is 1. The molecule has 0 aliphatic heterocycles. The number of ether oxygens (including phenoxy) is 1. The standard InChI is InChI=1S/C9H7BrClNO4/c1-16-5-2-6(10)9(8(13)4-11)7(3-5)12(14)15/h2-3H,4H2,1H3. The summed E-state index contributed by atoms with van der Waals surface area (Å²) in [6.45, 7) is 0. The number of carbonyl (C=O) groups is 1. The second kappa shape index (κ2) is 5.27. The second-order valence-electron chi connectivity index (χ2n) is 2.82. The van der Waals surface area contributed by atoms with Gasteiger partial charge in [0.15, 0.2) is 5.78 Å². The van der Waals surface area contributed by atoms with Crippen molar-refractivity contribution in [1.29, 1.82) is 0 Å². The van der Waals surface area contributed by atoms with Crippen LogP contribution in [0.3, 0.4) is 0 Å². The van der Waals surface area contributed by atoms with Crippen molar-refractivity contribution in [3.05, 3.63) is 32.3 Å². The molecule has 1 aromatic rings. The van der Waals surface area contributed by atoms with Gasteiger partial charge in [0.1, 0.15) is 11.3 Å². The summed E-state index contributed by atoms with van der Waals surface area (Å²) in [6.07, 6.45) is 0. The molecule has 7 heteroatoms. The lowest BCUT2D eigenvalue weighted by molar-refractivity contribution is -0.385. The summed E-state index contributed by atoms with van der Waals surface area (Å²) in [5.74, 6) is -0.529. The van der Waals surface area contributed by atoms with E-state index >= 15 is 0 Å². The van der Waals surface area contributed by atoms with Crippen LogP contribution >= 0.6 is 27.5 Å². The Labute approximate surface area is 105 Å². The highest BCUT2D eigenvalue weighted by molar-refractivity contribution is 9.10. The van der Waals surface area contributed by atoms with Gasteiger partial charge in [-0.1, -0.05) is 0 Å². The monoisotopic (exact) mass is 307 g/mol. The maximum atomic E-state index is 11.5. The number of halogens is 2. The van der Waals surface area contributed by atoms with E-state index in [9.17, 15) is 14.9 Å². The van der Waals surface area contributed by atoms with Gasteiger partial charge in [-0.3, -0.25) is 14.9 Å². The third kappa shape index (κ3) is 2.51. The molecule has 0 saturated carbocycles. The Hall–Kier alpha value is -1.14. The number of hydrogen-bond acceptors (Lipinski definition) is 4. The maximum Gasteiger partial charge on any atom is 0.285 e. The number of nitro benzene ring substituents is 1. The van der Waals surface area contributed by atoms with Crippen molar-refractivity contribution < 1.29 is 14.5 Å². The molecule has 0 aliphatic rings. The molecule has 0 aromatic heterocycles. The van der Waals surface area contributed by atoms with E-state index in [-0.39, 0.29) is 17.1 Å². The zero-order valence-corrected chi connectivity index (χ0v) is 10.5. The molecule has 5 nitrogen and oxygen atoms in total. The number of carbonyl (C=O) groups excluding carboxylic acids is 1. The molecule has 1 aromatic carbocycles. The number of nitrogens with zero attached hydrogens (tertiary/aromatic N) is 1. The van der Waals surface area contributed by atoms with Crippen LogP contribution in [0.2, 0.25) is 0 Å². The summed E-state index contributed by atoms with van der Waals surface area (Å²) in [5.41, 5.74) is -0.363. The molecular formula is C9H7BrClNO4. The van der Waals surface area contributed by atoms with Gasteiger partial charge < -0.3 is 4.74 Å². The highest BCUT2D eigenvalue weighted by Crippen LogP contribution is 2.32. The first kappa shape index (κ1) is 12.9. The number of methoxy groups -OCH3 is 1. The molecule has 0 heterocycles. The Morgan fingerprint density at radius 1 is 1.62 bits per heavy atom. The normalized spacial score (nSPS) is 9.94. The van der Waals surface area contributed by atoms with E-state index in [4.69, 9.17) is 16.3 Å². The fourth-order valence-electron chi connectivity index (χ4n) is 1.17. The Bertz CT molecular complexity index is 449. The number of rotatable bonds is 4. The van der Waals surface area contributed by atoms with Gasteiger partial charge in [0.2, 0.25) is 0 Å². The molecule has 1 rings (SSSR count). The number of Topliss-reactive ketones (excluding diaryl/α,β-unsaturated/α-hetero) is 1. The molecule has 0 aliphatic carbocycles. The van der Waals surface area contributed by atoms with Crippen molar-refractivity contribution in [2.75, 3.05) is 13.0 Å². The molecule has 0 unspecified atom stereocenters. The van der Waals surface area contributed by atoms with Gasteiger partial charge in [-0.15, -0.1) is 11.6 Å². The van der Waals surface area contributed by atoms with E-state index in [0.717, 1.165) is 0 Å². The molecule has 16 heavy (non-hydrogen) atoms. The van der Waals surface area contributed by atoms with Crippen LogP contribution in [-0.4, -0.2) is 23.7 Å². The summed E-state index contributed by atoms with van der Waals surface area (Å²) in [5, 5.41) is 10.8. The number of ketones is 1. The Morgan fingerprint density at radius 2 is 2.25 bits per heavy atom. The zero-order valence-electron chi connectivity index (χ0n) is 8.20. The van der Waals surface area contributed by atoms with E-state index in [1.165, 1.54) is 19.2 Å². The van der Waals surface area contributed by atoms with Crippen molar-refractivity contribution in [1.82, 2.24) is 0 Å². The zero-order chi connectivity index (χ0) is 12.3. The van der Waals surface area contributed by atoms with Crippen LogP contribution in [-0.2, 0) is 0 Å². The van der Waals surface area contributed by atoms with Crippen LogP contribution in [0.4, 0.5) is 5.69 Å². The fraction of sp³-hybridized carbons (Fsp3) is 0.222. The minimum atomic E-state index is -0.646. The number of benzene rings is 1. The average molecular weight is 309 g/mol. The molecule has 0 radical (unpaired) electrons. The van der Waals surface area contributed by atoms with E-state index in [1.807, 2.05) is 0 Å². The van der Waals surface area contributed by atoms with Crippen molar-refractivity contribution in [3.63, 3.8) is 0 Å². The largest absolute Gasteiger partial charge is 0.496 e. The van der Waals surface area contributed by atoms with Crippen LogP contribution in [0, 0.1) is 10.1 Å². The fourth-order valence-corrected chi connectivity index (χ4v) is 1.96. The van der Waals surface area contributed by atoms with Crippen molar-refractivity contribution in [3.8, 4) is 5.75 Å². The van der Waals surface area contributed by atoms with E-state index in [2.05, 4.69) is 15.9 Å². The van der Waals surface area contributed by atoms with Gasteiger partial charge in [-0.25, -0.2) is 0 Å². The van der Waals surface area contributed by atoms with Crippen LogP contribution in [0.5, 0.6) is 5.75 Å². The van der Waals surface area contributed by atoms with Gasteiger partial charge in [0.05, 0.1) is 24.0 Å². The van der Waals surface area contributed by atoms with Crippen LogP contribution < -0.4 is 4.74 Å². The third-order valence-corrected chi connectivity index (χ3v) is 2.74. The summed E-state index contributed by atoms with van der Waals surface area (Å²) >= 11 is 8.47. The average Bonchev–Trinajstić information content (AvgIpc) is 2.26. The first-order valence-corrected chi connectivity index (χ1v) is 5.45. The maximum absolute atomic E-state index is 11.5. The van der Waals surface area contributed by atoms with Gasteiger partial charge in [-0.05, 0) is 22.0 Å². The highest BCUT2D eigenvalue weighted by atomic mass is 79.9. The summed E-state index contributed by atoms with van der Waals surface area (Å²) in [7, 11) is 1.38. The van der Waals surface area contributed by atoms with Crippen LogP contribution in [0.15, 0.2) is 16.6 Å². The predicted molar refractivity (Wildman–Crippen MR) is 62.4 cm³/mol. The van der Waals surface area contributed by atoms with Gasteiger partial charge in [0, 0.05) is 4.47 Å². The Balaban J connectivity index is 3.45. The second-order valence-corrected chi connectivity index (χ2v) is 3.94. The smallest absolute Gasteiger partial charge is 0.285 e. The molecule has 0 N–H and O–H groups in total. The van der Waals surface area contributed by atoms with Gasteiger partial charge >= 0.3 is 0 Å². The Kier molecular flexibility index (Phi) is 4.26. The number of nitro groups is 1. The van der Waals surface area contributed by atoms with Crippen LogP contribution in [0.25, 0.3) is 0 Å². The molecule has 0 spiro atoms. The molecule has 86 valence electrons. The Morgan fingerprint density at radius 3 is 2.69 bits per heavy atom. The van der Waals surface area contributed by atoms with Gasteiger partial charge in [-0.2, -0.15) is 0 Å². The minimum Gasteiger partial charge on any atom is -0.496 e. The van der Waals surface area contributed by atoms with Crippen molar-refractivity contribution >= 4 is 39.0 Å². The highest BCUT2D eigenvalue weighted by Gasteiger charge is 2.24. The lowest BCUT2D eigenvalue weighted by Crippen LogP contribution is -2.06. The van der Waals surface area contributed by atoms with Crippen molar-refractivity contribution in [2.45, 2.75) is 0 Å². The van der Waals surface area contributed by atoms with E-state index in [1.54, 1.807) is 0 Å². The molecule has 0 saturated heterocycles. The first-order chi connectivity index (χ1) is 7.51. The quantitative estimate of drug-likeness (QED) is 0.371. The predicted octanol–water partition coefficient (Wildman–Crippen LogP) is 2.79. The van der Waals surface area contributed by atoms with E-state index in [0.29, 0.717) is 10.2 Å². The third-order valence-electron chi connectivity index (χ3n) is 1.88. The SMILES string of the molecule is COc1cc(Br)c(C(=O)CCl)c([N+](=O)[O-])c1. The summed E-state index contributed by atoms with van der Waals surface area (Å²) in [4.78, 5) is 21.6. The van der Waals surface area contributed by atoms with E-state index < -0.39 is 10.7 Å². The molecule has 0 atom stereocenters. The van der Waals surface area contributed by atoms with Crippen molar-refractivity contribution in [2.24, 2.45) is 0 Å². The molecule has 0 bridgehead atoms. The lowest BCUT2D eigenvalue weighted by atomic mass is 10.1. The lowest BCUT2D eigenvalue weighted by Gasteiger charge is -2.06. The molecule has 0 amide bonds. The summed E-state index contributed by atoms with van der Waals surface area (Å²) in [6, 6.07) is 2.66. The summed E-state index contributed by atoms with van der Waals surface area (Å²) < 4.78 is 5.17. The van der Waals surface area contributed by atoms with Crippen LogP contribution in [0.1, 0.15) is 10.4 Å².